The maximum atomic E-state index is 12.1. The molecule has 204 valence electrons. The van der Waals surface area contributed by atoms with Gasteiger partial charge in [-0.3, -0.25) is 19.2 Å². The smallest absolute Gasteiger partial charge is 0.311 e. The summed E-state index contributed by atoms with van der Waals surface area (Å²) < 4.78 is 19.4. The second kappa shape index (κ2) is 16.4. The summed E-state index contributed by atoms with van der Waals surface area (Å²) in [5, 5.41) is 9.69. The van der Waals surface area contributed by atoms with Gasteiger partial charge in [-0.25, -0.2) is 0 Å². The molecule has 2 atom stereocenters. The molecule has 0 aliphatic rings. The first-order valence-electron chi connectivity index (χ1n) is 11.8. The fraction of sp³-hybridized carbons (Fsp3) is 0.833. The Bertz CT molecular complexity index is 626. The molecule has 0 aromatic carbocycles. The predicted molar refractivity (Wildman–Crippen MR) is 130 cm³/mol. The monoisotopic (exact) mass is 503 g/mol. The molecule has 0 saturated heterocycles. The van der Waals surface area contributed by atoms with Crippen LogP contribution in [0.3, 0.4) is 0 Å². The van der Waals surface area contributed by atoms with Crippen molar-refractivity contribution in [2.75, 3.05) is 67.7 Å². The molecule has 0 saturated carbocycles. The Morgan fingerprint density at radius 3 is 1.17 bits per heavy atom. The third-order valence-electron chi connectivity index (χ3n) is 5.80. The van der Waals surface area contributed by atoms with Crippen molar-refractivity contribution in [3.63, 3.8) is 0 Å². The fourth-order valence-corrected chi connectivity index (χ4v) is 3.79. The van der Waals surface area contributed by atoms with Crippen LogP contribution in [0, 0.1) is 22.7 Å². The Kier molecular flexibility index (Phi) is 15.4. The minimum atomic E-state index is -0.798. The van der Waals surface area contributed by atoms with Crippen molar-refractivity contribution in [1.29, 1.82) is 0 Å². The number of carbonyl (C=O) groups excluding carboxylic acids is 4. The molecule has 0 fully saturated rings. The number of hydrogen-bond donors (Lipinski definition) is 3. The third-order valence-corrected chi connectivity index (χ3v) is 5.80. The van der Waals surface area contributed by atoms with E-state index in [0.717, 1.165) is 0 Å². The van der Waals surface area contributed by atoms with E-state index in [4.69, 9.17) is 18.9 Å². The molecule has 0 amide bonds. The van der Waals surface area contributed by atoms with Gasteiger partial charge in [0.05, 0.1) is 51.1 Å². The van der Waals surface area contributed by atoms with E-state index in [-0.39, 0.29) is 23.9 Å². The van der Waals surface area contributed by atoms with Crippen molar-refractivity contribution in [2.45, 2.75) is 40.5 Å². The number of nitrogens with one attached hydrogen (secondary N) is 3. The van der Waals surface area contributed by atoms with Crippen molar-refractivity contribution in [3.8, 4) is 0 Å². The number of carbonyl (C=O) groups is 4. The lowest BCUT2D eigenvalue weighted by Gasteiger charge is -2.26. The highest BCUT2D eigenvalue weighted by Crippen LogP contribution is 2.28. The molecule has 3 N–H and O–H groups in total. The lowest BCUT2D eigenvalue weighted by Crippen LogP contribution is -2.40. The molecule has 0 heterocycles. The number of ether oxygens (including phenoxy) is 4. The van der Waals surface area contributed by atoms with Gasteiger partial charge in [-0.2, -0.15) is 0 Å². The van der Waals surface area contributed by atoms with Crippen molar-refractivity contribution in [2.24, 2.45) is 22.7 Å². The zero-order valence-corrected chi connectivity index (χ0v) is 22.6. The van der Waals surface area contributed by atoms with E-state index in [0.29, 0.717) is 52.1 Å². The van der Waals surface area contributed by atoms with E-state index < -0.39 is 22.7 Å². The van der Waals surface area contributed by atoms with Crippen LogP contribution < -0.4 is 16.0 Å². The van der Waals surface area contributed by atoms with Gasteiger partial charge in [-0.1, -0.05) is 0 Å². The molecular formula is C24H45N3O8. The largest absolute Gasteiger partial charge is 0.469 e. The van der Waals surface area contributed by atoms with Crippen LogP contribution in [0.1, 0.15) is 40.5 Å². The molecule has 0 radical (unpaired) electrons. The van der Waals surface area contributed by atoms with Crippen molar-refractivity contribution in [3.05, 3.63) is 0 Å². The minimum Gasteiger partial charge on any atom is -0.469 e. The van der Waals surface area contributed by atoms with Gasteiger partial charge in [0.2, 0.25) is 0 Å². The molecular weight excluding hydrogens is 458 g/mol. The molecule has 0 spiro atoms. The lowest BCUT2D eigenvalue weighted by atomic mass is 9.82. The van der Waals surface area contributed by atoms with E-state index in [9.17, 15) is 19.2 Å². The van der Waals surface area contributed by atoms with Gasteiger partial charge >= 0.3 is 23.9 Å². The first-order valence-corrected chi connectivity index (χ1v) is 11.8. The Hall–Kier alpha value is -2.24. The highest BCUT2D eigenvalue weighted by atomic mass is 16.5. The first-order chi connectivity index (χ1) is 16.4. The molecule has 0 aromatic heterocycles. The average Bonchev–Trinajstić information content (AvgIpc) is 2.83. The van der Waals surface area contributed by atoms with Gasteiger partial charge in [0.25, 0.3) is 0 Å². The van der Waals surface area contributed by atoms with E-state index in [1.54, 1.807) is 27.7 Å². The quantitative estimate of drug-likeness (QED) is 0.137. The Labute approximate surface area is 209 Å². The van der Waals surface area contributed by atoms with Gasteiger partial charge in [0.15, 0.2) is 0 Å². The van der Waals surface area contributed by atoms with Crippen LogP contribution in [0.5, 0.6) is 0 Å². The lowest BCUT2D eigenvalue weighted by molar-refractivity contribution is -0.155. The summed E-state index contributed by atoms with van der Waals surface area (Å²) in [7, 11) is 5.32. The van der Waals surface area contributed by atoms with Gasteiger partial charge in [-0.15, -0.1) is 0 Å². The Morgan fingerprint density at radius 2 is 0.886 bits per heavy atom. The van der Waals surface area contributed by atoms with E-state index in [1.165, 1.54) is 28.4 Å². The summed E-state index contributed by atoms with van der Waals surface area (Å²) in [6.07, 6.45) is 0.621. The Morgan fingerprint density at radius 1 is 0.571 bits per heavy atom. The normalized spacial score (nSPS) is 13.5. The predicted octanol–water partition coefficient (Wildman–Crippen LogP) is 0.512. The highest BCUT2D eigenvalue weighted by Gasteiger charge is 2.36. The zero-order chi connectivity index (χ0) is 27.1. The van der Waals surface area contributed by atoms with E-state index in [1.807, 2.05) is 0 Å². The van der Waals surface area contributed by atoms with Crippen LogP contribution >= 0.6 is 0 Å². The van der Waals surface area contributed by atoms with Gasteiger partial charge in [-0.05, 0) is 40.5 Å². The maximum absolute atomic E-state index is 12.1. The summed E-state index contributed by atoms with van der Waals surface area (Å²) in [6.45, 7) is 10.3. The van der Waals surface area contributed by atoms with Crippen LogP contribution in [0.25, 0.3) is 0 Å². The molecule has 0 aliphatic carbocycles. The second-order valence-corrected chi connectivity index (χ2v) is 9.76. The van der Waals surface area contributed by atoms with Gasteiger partial charge < -0.3 is 34.9 Å². The summed E-state index contributed by atoms with van der Waals surface area (Å²) in [4.78, 5) is 48.1. The fourth-order valence-electron chi connectivity index (χ4n) is 3.79. The molecule has 0 rings (SSSR count). The average molecular weight is 504 g/mol. The molecule has 35 heavy (non-hydrogen) atoms. The van der Waals surface area contributed by atoms with Crippen LogP contribution in [0.2, 0.25) is 0 Å². The molecule has 0 aliphatic heterocycles. The van der Waals surface area contributed by atoms with Crippen molar-refractivity contribution < 1.29 is 38.1 Å². The number of hydrogen-bond acceptors (Lipinski definition) is 11. The van der Waals surface area contributed by atoms with Crippen LogP contribution in [-0.2, 0) is 38.1 Å². The molecule has 2 unspecified atom stereocenters. The summed E-state index contributed by atoms with van der Waals surface area (Å²) in [5.74, 6) is -2.43. The molecule has 11 heteroatoms. The second-order valence-electron chi connectivity index (χ2n) is 9.76. The van der Waals surface area contributed by atoms with Crippen LogP contribution in [0.15, 0.2) is 0 Å². The standard InChI is InChI=1S/C24H45N3O8/c1-23(2,21(30)34-7)13-17(19(28)32-5)15-26-11-9-25-10-12-27-16-18(20(29)33-6)14-24(3,4)22(31)35-8/h17-18,25-27H,9-16H2,1-8H3. The number of esters is 4. The van der Waals surface area contributed by atoms with Gasteiger partial charge in [0, 0.05) is 39.3 Å². The maximum Gasteiger partial charge on any atom is 0.311 e. The minimum absolute atomic E-state index is 0.310. The Balaban J connectivity index is 4.35. The van der Waals surface area contributed by atoms with Gasteiger partial charge in [0.1, 0.15) is 0 Å². The highest BCUT2D eigenvalue weighted by molar-refractivity contribution is 5.79. The third kappa shape index (κ3) is 12.3. The van der Waals surface area contributed by atoms with Crippen LogP contribution in [-0.4, -0.2) is 91.6 Å². The zero-order valence-electron chi connectivity index (χ0n) is 22.6. The molecule has 0 aromatic rings. The van der Waals surface area contributed by atoms with Crippen LogP contribution in [0.4, 0.5) is 0 Å². The van der Waals surface area contributed by atoms with E-state index in [2.05, 4.69) is 16.0 Å². The summed E-state index contributed by atoms with van der Waals surface area (Å²) >= 11 is 0. The molecule has 0 bridgehead atoms. The number of methoxy groups -OCH3 is 4. The summed E-state index contributed by atoms with van der Waals surface area (Å²) in [5.41, 5.74) is -1.60. The molecule has 11 nitrogen and oxygen atoms in total. The van der Waals surface area contributed by atoms with E-state index >= 15 is 0 Å². The topological polar surface area (TPSA) is 141 Å². The number of rotatable bonds is 18. The summed E-state index contributed by atoms with van der Waals surface area (Å²) in [6, 6.07) is 0. The van der Waals surface area contributed by atoms with Crippen molar-refractivity contribution in [1.82, 2.24) is 16.0 Å². The SMILES string of the molecule is COC(=O)C(CNCCNCCNCC(CC(C)(C)C(=O)OC)C(=O)OC)CC(C)(C)C(=O)OC. The first kappa shape index (κ1) is 32.8. The van der Waals surface area contributed by atoms with Crippen molar-refractivity contribution >= 4 is 23.9 Å².